The fourth-order valence-electron chi connectivity index (χ4n) is 3.16. The lowest BCUT2D eigenvalue weighted by atomic mass is 10.2. The molecular weight excluding hydrogens is 448 g/mol. The lowest BCUT2D eigenvalue weighted by Crippen LogP contribution is -2.18. The summed E-state index contributed by atoms with van der Waals surface area (Å²) in [5, 5.41) is 3.04. The van der Waals surface area contributed by atoms with Crippen molar-refractivity contribution in [1.82, 2.24) is 9.55 Å². The van der Waals surface area contributed by atoms with Crippen molar-refractivity contribution >= 4 is 38.9 Å². The zero-order chi connectivity index (χ0) is 22.7. The molecule has 0 aliphatic heterocycles. The van der Waals surface area contributed by atoms with Crippen LogP contribution in [0.25, 0.3) is 5.69 Å². The van der Waals surface area contributed by atoms with Crippen LogP contribution in [0.15, 0.2) is 90.2 Å². The Morgan fingerprint density at radius 3 is 2.47 bits per heavy atom. The number of nitrogens with zero attached hydrogens (tertiary/aromatic N) is 2. The van der Waals surface area contributed by atoms with Crippen LogP contribution in [-0.4, -0.2) is 23.9 Å². The SMILES string of the molecule is Cc1ccc(NC(=O)c2cncn2-c2ccccc2)cc1S(=O)(=O)Nc1ccccc1Cl. The van der Waals surface area contributed by atoms with Gasteiger partial charge in [-0.05, 0) is 48.9 Å². The third kappa shape index (κ3) is 4.51. The van der Waals surface area contributed by atoms with Gasteiger partial charge in [-0.1, -0.05) is 48.0 Å². The van der Waals surface area contributed by atoms with Gasteiger partial charge < -0.3 is 5.32 Å². The number of para-hydroxylation sites is 2. The Bertz CT molecular complexity index is 1390. The van der Waals surface area contributed by atoms with Gasteiger partial charge in [0.25, 0.3) is 15.9 Å². The van der Waals surface area contributed by atoms with Crippen LogP contribution >= 0.6 is 11.6 Å². The van der Waals surface area contributed by atoms with Gasteiger partial charge >= 0.3 is 0 Å². The third-order valence-electron chi connectivity index (χ3n) is 4.76. The summed E-state index contributed by atoms with van der Waals surface area (Å²) in [7, 11) is -3.93. The number of carbonyl (C=O) groups is 1. The number of rotatable bonds is 6. The molecule has 0 radical (unpaired) electrons. The second-order valence-electron chi connectivity index (χ2n) is 7.00. The number of hydrogen-bond donors (Lipinski definition) is 2. The highest BCUT2D eigenvalue weighted by Gasteiger charge is 2.20. The Morgan fingerprint density at radius 2 is 1.72 bits per heavy atom. The number of nitrogens with one attached hydrogen (secondary N) is 2. The van der Waals surface area contributed by atoms with Crippen molar-refractivity contribution in [1.29, 1.82) is 0 Å². The first-order valence-corrected chi connectivity index (χ1v) is 11.5. The van der Waals surface area contributed by atoms with Crippen LogP contribution in [0.4, 0.5) is 11.4 Å². The molecule has 9 heteroatoms. The smallest absolute Gasteiger partial charge is 0.274 e. The van der Waals surface area contributed by atoms with Crippen LogP contribution in [0.2, 0.25) is 5.02 Å². The van der Waals surface area contributed by atoms with E-state index in [2.05, 4.69) is 15.0 Å². The van der Waals surface area contributed by atoms with E-state index in [-0.39, 0.29) is 15.6 Å². The zero-order valence-electron chi connectivity index (χ0n) is 17.0. The maximum atomic E-state index is 13.0. The van der Waals surface area contributed by atoms with Crippen molar-refractivity contribution in [2.24, 2.45) is 0 Å². The second-order valence-corrected chi connectivity index (χ2v) is 9.06. The summed E-state index contributed by atoms with van der Waals surface area (Å²) in [4.78, 5) is 17.0. The lowest BCUT2D eigenvalue weighted by molar-refractivity contribution is 0.102. The van der Waals surface area contributed by atoms with Gasteiger partial charge in [0.15, 0.2) is 0 Å². The minimum Gasteiger partial charge on any atom is -0.321 e. The molecule has 0 aliphatic rings. The van der Waals surface area contributed by atoms with Crippen LogP contribution in [0.5, 0.6) is 0 Å². The van der Waals surface area contributed by atoms with Crippen molar-refractivity contribution in [3.8, 4) is 5.69 Å². The van der Waals surface area contributed by atoms with Gasteiger partial charge in [-0.3, -0.25) is 14.1 Å². The van der Waals surface area contributed by atoms with Crippen molar-refractivity contribution in [2.45, 2.75) is 11.8 Å². The Morgan fingerprint density at radius 1 is 1.00 bits per heavy atom. The molecule has 0 fully saturated rings. The number of sulfonamides is 1. The van der Waals surface area contributed by atoms with Gasteiger partial charge in [-0.15, -0.1) is 0 Å². The normalized spacial score (nSPS) is 11.2. The number of carbonyl (C=O) groups excluding carboxylic acids is 1. The predicted octanol–water partition coefficient (Wildman–Crippen LogP) is 4.89. The average Bonchev–Trinajstić information content (AvgIpc) is 3.27. The Labute approximate surface area is 190 Å². The maximum Gasteiger partial charge on any atom is 0.274 e. The molecule has 3 aromatic carbocycles. The summed E-state index contributed by atoms with van der Waals surface area (Å²) in [6.07, 6.45) is 3.00. The van der Waals surface area contributed by atoms with E-state index >= 15 is 0 Å². The van der Waals surface area contributed by atoms with Crippen LogP contribution < -0.4 is 10.0 Å². The molecular formula is C23H19ClN4O3S. The van der Waals surface area contributed by atoms with Crippen molar-refractivity contribution < 1.29 is 13.2 Å². The van der Waals surface area contributed by atoms with E-state index in [4.69, 9.17) is 11.6 Å². The first kappa shape index (κ1) is 21.6. The summed E-state index contributed by atoms with van der Waals surface area (Å²) < 4.78 is 30.1. The van der Waals surface area contributed by atoms with E-state index in [9.17, 15) is 13.2 Å². The molecule has 1 heterocycles. The van der Waals surface area contributed by atoms with E-state index in [0.717, 1.165) is 5.69 Å². The van der Waals surface area contributed by atoms with Crippen LogP contribution in [0.1, 0.15) is 16.1 Å². The van der Waals surface area contributed by atoms with Gasteiger partial charge in [-0.25, -0.2) is 13.4 Å². The van der Waals surface area contributed by atoms with Gasteiger partial charge in [0.2, 0.25) is 0 Å². The van der Waals surface area contributed by atoms with Gasteiger partial charge in [-0.2, -0.15) is 0 Å². The summed E-state index contributed by atoms with van der Waals surface area (Å²) in [5.74, 6) is -0.419. The molecule has 0 aliphatic carbocycles. The first-order valence-electron chi connectivity index (χ1n) is 9.62. The molecule has 162 valence electrons. The third-order valence-corrected chi connectivity index (χ3v) is 6.60. The van der Waals surface area contributed by atoms with E-state index in [0.29, 0.717) is 16.9 Å². The van der Waals surface area contributed by atoms with Gasteiger partial charge in [0, 0.05) is 11.4 Å². The number of amides is 1. The van der Waals surface area contributed by atoms with E-state index in [1.165, 1.54) is 12.3 Å². The van der Waals surface area contributed by atoms with E-state index in [1.54, 1.807) is 54.2 Å². The van der Waals surface area contributed by atoms with E-state index < -0.39 is 15.9 Å². The molecule has 0 spiro atoms. The lowest BCUT2D eigenvalue weighted by Gasteiger charge is -2.14. The first-order chi connectivity index (χ1) is 15.3. The fraction of sp³-hybridized carbons (Fsp3) is 0.0435. The van der Waals surface area contributed by atoms with Crippen LogP contribution in [0, 0.1) is 6.92 Å². The molecule has 0 saturated heterocycles. The average molecular weight is 467 g/mol. The van der Waals surface area contributed by atoms with E-state index in [1.807, 2.05) is 30.3 Å². The number of benzene rings is 3. The Kier molecular flexibility index (Phi) is 5.98. The number of hydrogen-bond acceptors (Lipinski definition) is 4. The quantitative estimate of drug-likeness (QED) is 0.423. The molecule has 0 bridgehead atoms. The molecule has 7 nitrogen and oxygen atoms in total. The summed E-state index contributed by atoms with van der Waals surface area (Å²) in [6.45, 7) is 1.68. The molecule has 2 N–H and O–H groups in total. The highest BCUT2D eigenvalue weighted by molar-refractivity contribution is 7.92. The maximum absolute atomic E-state index is 13.0. The topological polar surface area (TPSA) is 93.1 Å². The van der Waals surface area contributed by atoms with Gasteiger partial charge in [0.1, 0.15) is 5.69 Å². The molecule has 1 aromatic heterocycles. The molecule has 4 rings (SSSR count). The molecule has 32 heavy (non-hydrogen) atoms. The molecule has 0 atom stereocenters. The highest BCUT2D eigenvalue weighted by atomic mass is 35.5. The van der Waals surface area contributed by atoms with Crippen LogP contribution in [-0.2, 0) is 10.0 Å². The number of aryl methyl sites for hydroxylation is 1. The Hall–Kier alpha value is -3.62. The minimum atomic E-state index is -3.93. The zero-order valence-corrected chi connectivity index (χ0v) is 18.6. The van der Waals surface area contributed by atoms with Crippen molar-refractivity contribution in [2.75, 3.05) is 10.0 Å². The number of imidazole rings is 1. The molecule has 1 amide bonds. The largest absolute Gasteiger partial charge is 0.321 e. The summed E-state index contributed by atoms with van der Waals surface area (Å²) in [5.41, 5.74) is 2.23. The number of anilines is 2. The standard InChI is InChI=1S/C23H19ClN4O3S/c1-16-11-12-17(13-22(16)32(30,31)27-20-10-6-5-9-19(20)24)26-23(29)21-14-25-15-28(21)18-7-3-2-4-8-18/h2-15,27H,1H3,(H,26,29). The molecule has 4 aromatic rings. The fourth-order valence-corrected chi connectivity index (χ4v) is 4.75. The van der Waals surface area contributed by atoms with Crippen molar-refractivity contribution in [3.63, 3.8) is 0 Å². The monoisotopic (exact) mass is 466 g/mol. The minimum absolute atomic E-state index is 0.0341. The van der Waals surface area contributed by atoms with Crippen LogP contribution in [0.3, 0.4) is 0 Å². The van der Waals surface area contributed by atoms with Gasteiger partial charge in [0.05, 0.1) is 28.1 Å². The number of halogens is 1. The Balaban J connectivity index is 1.61. The summed E-state index contributed by atoms with van der Waals surface area (Å²) in [6, 6.07) is 20.6. The second kappa shape index (κ2) is 8.86. The highest BCUT2D eigenvalue weighted by Crippen LogP contribution is 2.27. The predicted molar refractivity (Wildman–Crippen MR) is 125 cm³/mol. The number of aromatic nitrogens is 2. The summed E-state index contributed by atoms with van der Waals surface area (Å²) >= 11 is 6.09. The molecule has 0 unspecified atom stereocenters. The van der Waals surface area contributed by atoms with Crippen molar-refractivity contribution in [3.05, 3.63) is 102 Å². The molecule has 0 saturated carbocycles.